The first-order chi connectivity index (χ1) is 11.8. The van der Waals surface area contributed by atoms with E-state index in [1.54, 1.807) is 26.2 Å². The van der Waals surface area contributed by atoms with Gasteiger partial charge in [-0.15, -0.1) is 23.1 Å². The average Bonchev–Trinajstić information content (AvgIpc) is 3.04. The van der Waals surface area contributed by atoms with Gasteiger partial charge in [0.1, 0.15) is 10.0 Å². The van der Waals surface area contributed by atoms with E-state index in [-0.39, 0.29) is 15.7 Å². The van der Waals surface area contributed by atoms with Crippen molar-refractivity contribution in [2.45, 2.75) is 30.9 Å². The molecule has 0 aromatic carbocycles. The number of carbonyl (C=O) groups excluding carboxylic acids is 1. The van der Waals surface area contributed by atoms with Crippen molar-refractivity contribution in [3.8, 4) is 0 Å². The van der Waals surface area contributed by atoms with Crippen molar-refractivity contribution in [1.29, 1.82) is 0 Å². The number of halogens is 1. The van der Waals surface area contributed by atoms with Crippen molar-refractivity contribution in [2.24, 2.45) is 0 Å². The maximum atomic E-state index is 12.6. The number of nitrogens with one attached hydrogen (secondary N) is 2. The van der Waals surface area contributed by atoms with Crippen molar-refractivity contribution in [3.05, 3.63) is 26.9 Å². The van der Waals surface area contributed by atoms with E-state index >= 15 is 0 Å². The molecule has 0 saturated heterocycles. The lowest BCUT2D eigenvalue weighted by atomic mass is 10.1. The summed E-state index contributed by atoms with van der Waals surface area (Å²) in [6, 6.07) is 1.47. The molecule has 2 rings (SSSR count). The molecule has 0 bridgehead atoms. The van der Waals surface area contributed by atoms with Gasteiger partial charge in [0.2, 0.25) is 15.8 Å². The van der Waals surface area contributed by atoms with Crippen LogP contribution in [0.4, 0.5) is 5.69 Å². The number of hydrogen-bond acceptors (Lipinski definition) is 7. The van der Waals surface area contributed by atoms with Gasteiger partial charge in [-0.2, -0.15) is 12.7 Å². The summed E-state index contributed by atoms with van der Waals surface area (Å²) in [6.45, 7) is 5.08. The summed E-state index contributed by atoms with van der Waals surface area (Å²) in [7, 11) is -6.74. The highest BCUT2D eigenvalue weighted by molar-refractivity contribution is 8.16. The predicted octanol–water partition coefficient (Wildman–Crippen LogP) is 2.19. The Hall–Kier alpha value is -0.790. The summed E-state index contributed by atoms with van der Waals surface area (Å²) in [5.74, 6) is -0.826. The van der Waals surface area contributed by atoms with Crippen LogP contribution in [-0.4, -0.2) is 44.1 Å². The van der Waals surface area contributed by atoms with Crippen molar-refractivity contribution >= 4 is 66.4 Å². The van der Waals surface area contributed by atoms with Crippen LogP contribution in [-0.2, 0) is 25.0 Å². The van der Waals surface area contributed by atoms with Crippen LogP contribution in [0.5, 0.6) is 0 Å². The Morgan fingerprint density at radius 2 is 1.81 bits per heavy atom. The fourth-order valence-electron chi connectivity index (χ4n) is 1.86. The normalized spacial score (nSPS) is 18.9. The molecule has 2 N–H and O–H groups in total. The van der Waals surface area contributed by atoms with Gasteiger partial charge < -0.3 is 0 Å². The fraction of sp³-hybridized carbons (Fsp3) is 0.462. The number of allylic oxidation sites excluding steroid dienone is 1. The second-order valence-electron chi connectivity index (χ2n) is 6.36. The van der Waals surface area contributed by atoms with Gasteiger partial charge in [-0.3, -0.25) is 14.2 Å². The summed E-state index contributed by atoms with van der Waals surface area (Å²) >= 11 is 7.72. The number of nitrogens with zero attached hydrogens (tertiary/aromatic N) is 1. The first-order valence-corrected chi connectivity index (χ1v) is 12.4. The molecule has 1 aliphatic heterocycles. The van der Waals surface area contributed by atoms with Crippen molar-refractivity contribution in [3.63, 3.8) is 0 Å². The number of sulfonamides is 1. The molecule has 1 unspecified atom stereocenters. The molecule has 0 aliphatic carbocycles. The molecule has 0 fully saturated rings. The number of thioether (sulfide) groups is 1. The van der Waals surface area contributed by atoms with Gasteiger partial charge in [-0.1, -0.05) is 11.6 Å². The van der Waals surface area contributed by atoms with Crippen molar-refractivity contribution in [1.82, 2.24) is 9.03 Å². The molecule has 2 heterocycles. The number of hydrogen-bond donors (Lipinski definition) is 2. The highest BCUT2D eigenvalue weighted by Gasteiger charge is 2.44. The first-order valence-electron chi connectivity index (χ1n) is 7.17. The monoisotopic (exact) mass is 459 g/mol. The maximum Gasteiger partial charge on any atom is 0.321 e. The number of ketones is 1. The molecule has 1 aromatic rings. The zero-order valence-corrected chi connectivity index (χ0v) is 18.3. The first kappa shape index (κ1) is 21.5. The van der Waals surface area contributed by atoms with Crippen LogP contribution in [0, 0.1) is 0 Å². The minimum absolute atomic E-state index is 0.166. The van der Waals surface area contributed by atoms with E-state index in [0.717, 1.165) is 27.4 Å². The molecule has 26 heavy (non-hydrogen) atoms. The van der Waals surface area contributed by atoms with Crippen molar-refractivity contribution < 1.29 is 21.6 Å². The van der Waals surface area contributed by atoms with Gasteiger partial charge in [-0.25, -0.2) is 8.42 Å². The maximum absolute atomic E-state index is 12.6. The van der Waals surface area contributed by atoms with Gasteiger partial charge in [-0.05, 0) is 32.2 Å². The summed E-state index contributed by atoms with van der Waals surface area (Å²) in [5, 5.41) is 2.79. The molecule has 0 saturated carbocycles. The summed E-state index contributed by atoms with van der Waals surface area (Å²) in [5.41, 5.74) is -0.872. The molecular formula is C13H18ClN3O5S4. The van der Waals surface area contributed by atoms with E-state index in [4.69, 9.17) is 11.6 Å². The second kappa shape index (κ2) is 7.32. The Balaban J connectivity index is 2.15. The van der Waals surface area contributed by atoms with Crippen LogP contribution in [0.2, 0.25) is 4.34 Å². The van der Waals surface area contributed by atoms with E-state index in [1.165, 1.54) is 18.5 Å². The summed E-state index contributed by atoms with van der Waals surface area (Å²) < 4.78 is 53.8. The Bertz CT molecular complexity index is 947. The fourth-order valence-corrected chi connectivity index (χ4v) is 7.10. The summed E-state index contributed by atoms with van der Waals surface area (Å²) in [6.07, 6.45) is 0. The minimum atomic E-state index is -4.15. The summed E-state index contributed by atoms with van der Waals surface area (Å²) in [4.78, 5) is 12.5. The third kappa shape index (κ3) is 4.54. The molecular weight excluding hydrogens is 442 g/mol. The second-order valence-corrected chi connectivity index (χ2v) is 12.6. The standard InChI is InChI=1S/C13H18ClN3O5S4/c1-13(2,3)17(4)25(19,20)12-10(18)9(7-24-12)16-26(21,22)15-8-5-6-23-11(8)14/h5-7,12,15-16H,1-4H3. The zero-order valence-electron chi connectivity index (χ0n) is 14.3. The van der Waals surface area contributed by atoms with E-state index in [9.17, 15) is 21.6 Å². The molecule has 1 atom stereocenters. The van der Waals surface area contributed by atoms with Crippen LogP contribution in [0.25, 0.3) is 0 Å². The highest BCUT2D eigenvalue weighted by atomic mass is 35.5. The highest BCUT2D eigenvalue weighted by Crippen LogP contribution is 2.34. The minimum Gasteiger partial charge on any atom is -0.290 e. The average molecular weight is 460 g/mol. The van der Waals surface area contributed by atoms with Gasteiger partial charge in [0.05, 0.1) is 5.69 Å². The number of anilines is 1. The third-order valence-corrected chi connectivity index (χ3v) is 9.60. The predicted molar refractivity (Wildman–Crippen MR) is 106 cm³/mol. The molecule has 146 valence electrons. The van der Waals surface area contributed by atoms with Crippen LogP contribution >= 0.6 is 34.7 Å². The molecule has 1 aliphatic rings. The van der Waals surface area contributed by atoms with E-state index < -0.39 is 36.1 Å². The van der Waals surface area contributed by atoms with Crippen molar-refractivity contribution in [2.75, 3.05) is 11.8 Å². The molecule has 13 heteroatoms. The largest absolute Gasteiger partial charge is 0.321 e. The Kier molecular flexibility index (Phi) is 6.06. The van der Waals surface area contributed by atoms with E-state index in [1.807, 2.05) is 0 Å². The molecule has 8 nitrogen and oxygen atoms in total. The smallest absolute Gasteiger partial charge is 0.290 e. The molecule has 0 radical (unpaired) electrons. The van der Waals surface area contributed by atoms with Crippen LogP contribution in [0.15, 0.2) is 22.6 Å². The van der Waals surface area contributed by atoms with Gasteiger partial charge in [0, 0.05) is 18.0 Å². The van der Waals surface area contributed by atoms with E-state index in [0.29, 0.717) is 0 Å². The SMILES string of the molecule is CN(C(C)(C)C)S(=O)(=O)C1SC=C(NS(=O)(=O)Nc2ccsc2Cl)C1=O. The lowest BCUT2D eigenvalue weighted by molar-refractivity contribution is -0.113. The molecule has 0 spiro atoms. The Morgan fingerprint density at radius 3 is 2.31 bits per heavy atom. The van der Waals surface area contributed by atoms with Gasteiger partial charge >= 0.3 is 10.2 Å². The van der Waals surface area contributed by atoms with Crippen LogP contribution in [0.1, 0.15) is 20.8 Å². The lowest BCUT2D eigenvalue weighted by Gasteiger charge is -2.32. The van der Waals surface area contributed by atoms with Crippen LogP contribution in [0.3, 0.4) is 0 Å². The lowest BCUT2D eigenvalue weighted by Crippen LogP contribution is -2.48. The molecule has 0 amide bonds. The number of carbonyl (C=O) groups is 1. The third-order valence-electron chi connectivity index (χ3n) is 3.49. The van der Waals surface area contributed by atoms with Crippen LogP contribution < -0.4 is 9.44 Å². The Morgan fingerprint density at radius 1 is 1.19 bits per heavy atom. The number of Topliss-reactive ketones (excluding diaryl/α,β-unsaturated/α-hetero) is 1. The quantitative estimate of drug-likeness (QED) is 0.674. The van der Waals surface area contributed by atoms with Gasteiger partial charge in [0.25, 0.3) is 0 Å². The van der Waals surface area contributed by atoms with Gasteiger partial charge in [0.15, 0.2) is 4.58 Å². The van der Waals surface area contributed by atoms with E-state index in [2.05, 4.69) is 9.44 Å². The number of thiophene rings is 1. The molecule has 1 aromatic heterocycles. The zero-order chi connectivity index (χ0) is 19.9. The Labute approximate surface area is 166 Å². The number of rotatable bonds is 6. The topological polar surface area (TPSA) is 113 Å².